The summed E-state index contributed by atoms with van der Waals surface area (Å²) in [5.41, 5.74) is 0. The molecule has 0 rings (SSSR count). The molecule has 0 aromatic heterocycles. The van der Waals surface area contributed by atoms with Crippen molar-refractivity contribution in [2.75, 3.05) is 6.16 Å². The summed E-state index contributed by atoms with van der Waals surface area (Å²) < 4.78 is 0. The van der Waals surface area contributed by atoms with Crippen LogP contribution in [-0.2, 0) is 0 Å². The summed E-state index contributed by atoms with van der Waals surface area (Å²) in [5, 5.41) is 0. The molecule has 1 unspecified atom stereocenters. The van der Waals surface area contributed by atoms with Crippen LogP contribution < -0.4 is 0 Å². The van der Waals surface area contributed by atoms with E-state index in [1.54, 1.807) is 5.92 Å². The first-order chi connectivity index (χ1) is 3.35. The molecular formula is C6H14P. The molecule has 0 fully saturated rings. The van der Waals surface area contributed by atoms with Crippen LogP contribution in [0.5, 0.6) is 0 Å². The van der Waals surface area contributed by atoms with Crippen molar-refractivity contribution in [2.45, 2.75) is 26.7 Å². The molecule has 0 bridgehead atoms. The molecule has 0 aliphatic heterocycles. The second-order valence-electron chi connectivity index (χ2n) is 1.66. The summed E-state index contributed by atoms with van der Waals surface area (Å²) in [4.78, 5) is 0. The van der Waals surface area contributed by atoms with Gasteiger partial charge in [0, 0.05) is 0 Å². The predicted molar refractivity (Wildman–Crippen MR) is 38.4 cm³/mol. The molecule has 0 spiro atoms. The smallest absolute Gasteiger partial charge is 0.0209 e. The van der Waals surface area contributed by atoms with Crippen molar-refractivity contribution in [3.8, 4) is 0 Å². The first kappa shape index (κ1) is 7.43. The Morgan fingerprint density at radius 2 is 1.71 bits per heavy atom. The molecule has 43 valence electrons. The Labute approximate surface area is 48.9 Å². The van der Waals surface area contributed by atoms with Crippen LogP contribution in [-0.4, -0.2) is 6.16 Å². The van der Waals surface area contributed by atoms with E-state index >= 15 is 0 Å². The molecule has 0 nitrogen and oxygen atoms in total. The molecule has 1 radical (unpaired) electrons. The van der Waals surface area contributed by atoms with Crippen LogP contribution in [0.15, 0.2) is 0 Å². The van der Waals surface area contributed by atoms with E-state index in [2.05, 4.69) is 23.1 Å². The minimum absolute atomic E-state index is 1.19. The molecule has 0 N–H and O–H groups in total. The first-order valence-corrected chi connectivity index (χ1v) is 3.70. The standard InChI is InChI=1S/C6H14P/c1-3-6(4-2)5-7/h3-5,7H2,1-2H3. The maximum atomic E-state index is 2.75. The molecule has 7 heavy (non-hydrogen) atoms. The van der Waals surface area contributed by atoms with Crippen molar-refractivity contribution >= 4 is 9.24 Å². The molecule has 0 saturated carbocycles. The lowest BCUT2D eigenvalue weighted by Crippen LogP contribution is -1.92. The van der Waals surface area contributed by atoms with E-state index in [-0.39, 0.29) is 0 Å². The van der Waals surface area contributed by atoms with E-state index in [1.165, 1.54) is 19.0 Å². The Morgan fingerprint density at radius 1 is 1.29 bits per heavy atom. The van der Waals surface area contributed by atoms with Crippen LogP contribution in [0.4, 0.5) is 0 Å². The van der Waals surface area contributed by atoms with Gasteiger partial charge in [0.05, 0.1) is 0 Å². The zero-order valence-corrected chi connectivity index (χ0v) is 6.35. The van der Waals surface area contributed by atoms with Gasteiger partial charge in [-0.2, -0.15) is 0 Å². The molecule has 0 aromatic carbocycles. The Balaban J connectivity index is 2.99. The van der Waals surface area contributed by atoms with Crippen molar-refractivity contribution in [1.29, 1.82) is 0 Å². The highest BCUT2D eigenvalue weighted by molar-refractivity contribution is 7.16. The highest BCUT2D eigenvalue weighted by atomic mass is 31.0. The topological polar surface area (TPSA) is 0 Å². The summed E-state index contributed by atoms with van der Waals surface area (Å²) in [7, 11) is 2.75. The Bertz CT molecular complexity index is 25.7. The van der Waals surface area contributed by atoms with Gasteiger partial charge in [-0.1, -0.05) is 13.8 Å². The lowest BCUT2D eigenvalue weighted by Gasteiger charge is -2.04. The largest absolute Gasteiger partial charge is 0.137 e. The van der Waals surface area contributed by atoms with Crippen molar-refractivity contribution in [2.24, 2.45) is 0 Å². The normalized spacial score (nSPS) is 10.3. The average Bonchev–Trinajstić information content (AvgIpc) is 1.72. The van der Waals surface area contributed by atoms with Gasteiger partial charge in [0.15, 0.2) is 0 Å². The summed E-state index contributed by atoms with van der Waals surface area (Å²) in [6.07, 6.45) is 3.69. The zero-order chi connectivity index (χ0) is 5.70. The summed E-state index contributed by atoms with van der Waals surface area (Å²) in [5.74, 6) is 1.64. The van der Waals surface area contributed by atoms with Crippen molar-refractivity contribution in [3.05, 3.63) is 5.92 Å². The third-order valence-corrected chi connectivity index (χ3v) is 1.87. The Kier molecular flexibility index (Phi) is 4.87. The van der Waals surface area contributed by atoms with Crippen LogP contribution in [0.2, 0.25) is 0 Å². The Morgan fingerprint density at radius 3 is 1.71 bits per heavy atom. The number of rotatable bonds is 3. The molecule has 0 aliphatic rings. The summed E-state index contributed by atoms with van der Waals surface area (Å²) >= 11 is 0. The highest BCUT2D eigenvalue weighted by Gasteiger charge is 1.96. The van der Waals surface area contributed by atoms with Crippen LogP contribution in [0.25, 0.3) is 0 Å². The minimum atomic E-state index is 1.19. The first-order valence-electron chi connectivity index (χ1n) is 2.88. The maximum absolute atomic E-state index is 2.75. The van der Waals surface area contributed by atoms with Crippen LogP contribution >= 0.6 is 9.24 Å². The van der Waals surface area contributed by atoms with Gasteiger partial charge < -0.3 is 0 Å². The fraction of sp³-hybridized carbons (Fsp3) is 0.833. The van der Waals surface area contributed by atoms with E-state index in [1.807, 2.05) is 0 Å². The van der Waals surface area contributed by atoms with Gasteiger partial charge in [0.25, 0.3) is 0 Å². The number of hydrogen-bond acceptors (Lipinski definition) is 0. The molecule has 0 aromatic rings. The van der Waals surface area contributed by atoms with E-state index in [4.69, 9.17) is 0 Å². The van der Waals surface area contributed by atoms with Gasteiger partial charge in [-0.15, -0.1) is 9.24 Å². The fourth-order valence-corrected chi connectivity index (χ4v) is 1.12. The van der Waals surface area contributed by atoms with Crippen molar-refractivity contribution in [3.63, 3.8) is 0 Å². The lowest BCUT2D eigenvalue weighted by molar-refractivity contribution is 0.827. The zero-order valence-electron chi connectivity index (χ0n) is 5.20. The molecular weight excluding hydrogens is 103 g/mol. The van der Waals surface area contributed by atoms with E-state index < -0.39 is 0 Å². The Hall–Kier alpha value is 0.430. The number of hydrogen-bond donors (Lipinski definition) is 0. The van der Waals surface area contributed by atoms with Gasteiger partial charge in [0.2, 0.25) is 0 Å². The monoisotopic (exact) mass is 117 g/mol. The van der Waals surface area contributed by atoms with Crippen molar-refractivity contribution in [1.82, 2.24) is 0 Å². The summed E-state index contributed by atoms with van der Waals surface area (Å²) in [6, 6.07) is 0. The van der Waals surface area contributed by atoms with E-state index in [9.17, 15) is 0 Å². The van der Waals surface area contributed by atoms with Gasteiger partial charge in [-0.25, -0.2) is 0 Å². The minimum Gasteiger partial charge on any atom is -0.137 e. The van der Waals surface area contributed by atoms with E-state index in [0.29, 0.717) is 0 Å². The highest BCUT2D eigenvalue weighted by Crippen LogP contribution is 2.11. The van der Waals surface area contributed by atoms with Gasteiger partial charge in [-0.3, -0.25) is 0 Å². The summed E-state index contributed by atoms with van der Waals surface area (Å²) in [6.45, 7) is 4.42. The van der Waals surface area contributed by atoms with Crippen LogP contribution in [0.3, 0.4) is 0 Å². The van der Waals surface area contributed by atoms with Gasteiger partial charge in [-0.05, 0) is 24.9 Å². The maximum Gasteiger partial charge on any atom is -0.0209 e. The molecule has 0 heterocycles. The fourth-order valence-electron chi connectivity index (χ4n) is 0.539. The second-order valence-corrected chi connectivity index (χ2v) is 2.07. The third-order valence-electron chi connectivity index (χ3n) is 1.29. The SMILES string of the molecule is CC[C](CC)CP. The molecule has 1 atom stereocenters. The molecule has 0 amide bonds. The van der Waals surface area contributed by atoms with Gasteiger partial charge >= 0.3 is 0 Å². The average molecular weight is 117 g/mol. The predicted octanol–water partition coefficient (Wildman–Crippen LogP) is 2.26. The van der Waals surface area contributed by atoms with Crippen LogP contribution in [0.1, 0.15) is 26.7 Å². The molecule has 0 saturated heterocycles. The van der Waals surface area contributed by atoms with E-state index in [0.717, 1.165) is 0 Å². The van der Waals surface area contributed by atoms with Crippen molar-refractivity contribution < 1.29 is 0 Å². The molecule has 1 heteroatoms. The third kappa shape index (κ3) is 3.05. The van der Waals surface area contributed by atoms with Gasteiger partial charge in [0.1, 0.15) is 0 Å². The lowest BCUT2D eigenvalue weighted by atomic mass is 10.1. The second kappa shape index (κ2) is 4.59. The molecule has 0 aliphatic carbocycles. The van der Waals surface area contributed by atoms with Crippen LogP contribution in [0, 0.1) is 5.92 Å². The quantitative estimate of drug-likeness (QED) is 0.497.